The van der Waals surface area contributed by atoms with Crippen LogP contribution in [0.3, 0.4) is 0 Å². The molecular weight excluding hydrogens is 202 g/mol. The second-order valence-corrected chi connectivity index (χ2v) is 4.22. The van der Waals surface area contributed by atoms with E-state index in [1.165, 1.54) is 4.90 Å². The van der Waals surface area contributed by atoms with Crippen LogP contribution in [0.4, 0.5) is 0 Å². The van der Waals surface area contributed by atoms with Crippen LogP contribution in [0.25, 0.3) is 0 Å². The summed E-state index contributed by atoms with van der Waals surface area (Å²) in [7, 11) is 0. The highest BCUT2D eigenvalue weighted by atomic mass is 16.5. The summed E-state index contributed by atoms with van der Waals surface area (Å²) in [6.07, 6.45) is 0. The van der Waals surface area contributed by atoms with Crippen molar-refractivity contribution in [2.75, 3.05) is 26.3 Å². The molecule has 0 radical (unpaired) electrons. The lowest BCUT2D eigenvalue weighted by atomic mass is 10.0. The van der Waals surface area contributed by atoms with Crippen LogP contribution in [0.2, 0.25) is 0 Å². The third-order valence-corrected chi connectivity index (χ3v) is 3.20. The fraction of sp³-hybridized carbons (Fsp3) is 0.462. The summed E-state index contributed by atoms with van der Waals surface area (Å²) in [5.41, 5.74) is 0.814. The summed E-state index contributed by atoms with van der Waals surface area (Å²) in [6, 6.07) is 9.57. The van der Waals surface area contributed by atoms with Gasteiger partial charge in [-0.1, -0.05) is 30.3 Å². The molecule has 0 amide bonds. The molecule has 0 aliphatic carbocycles. The van der Waals surface area contributed by atoms with E-state index in [1.54, 1.807) is 0 Å². The van der Waals surface area contributed by atoms with Gasteiger partial charge in [0.2, 0.25) is 5.78 Å². The molecule has 1 atom stereocenters. The largest absolute Gasteiger partial charge is 0.370 e. The Morgan fingerprint density at radius 2 is 1.88 bits per heavy atom. The number of nitrogens with one attached hydrogen (secondary N) is 1. The molecule has 0 spiro atoms. The van der Waals surface area contributed by atoms with Crippen LogP contribution in [0, 0.1) is 0 Å². The van der Waals surface area contributed by atoms with E-state index in [4.69, 9.17) is 4.74 Å². The van der Waals surface area contributed by atoms with E-state index < -0.39 is 0 Å². The summed E-state index contributed by atoms with van der Waals surface area (Å²) >= 11 is 0. The van der Waals surface area contributed by atoms with Gasteiger partial charge in [-0.15, -0.1) is 0 Å². The minimum Gasteiger partial charge on any atom is -0.370 e. The smallest absolute Gasteiger partial charge is 0.219 e. The van der Waals surface area contributed by atoms with Crippen molar-refractivity contribution >= 4 is 5.78 Å². The Hall–Kier alpha value is -1.19. The number of hydrogen-bond donors (Lipinski definition) is 1. The van der Waals surface area contributed by atoms with Crippen LogP contribution in [0.15, 0.2) is 30.3 Å². The highest BCUT2D eigenvalue weighted by Gasteiger charge is 2.27. The molecule has 1 aromatic rings. The minimum absolute atomic E-state index is 0.0336. The maximum Gasteiger partial charge on any atom is 0.219 e. The van der Waals surface area contributed by atoms with Crippen LogP contribution in [-0.2, 0) is 4.74 Å². The Morgan fingerprint density at radius 3 is 2.50 bits per heavy atom. The number of carbonyl (C=O) groups excluding carboxylic acids is 1. The standard InChI is InChI=1S/C13H17NO2/c1-11(14-7-9-16-10-8-14)13(15)12-5-3-2-4-6-12/h2-6,11H,7-10H2,1H3/p+1/t11-/m0/s1. The predicted molar refractivity (Wildman–Crippen MR) is 61.8 cm³/mol. The maximum atomic E-state index is 12.2. The van der Waals surface area contributed by atoms with Gasteiger partial charge in [-0.3, -0.25) is 4.79 Å². The van der Waals surface area contributed by atoms with Crippen molar-refractivity contribution in [3.63, 3.8) is 0 Å². The van der Waals surface area contributed by atoms with Crippen molar-refractivity contribution in [2.24, 2.45) is 0 Å². The Balaban J connectivity index is 2.04. The third kappa shape index (κ3) is 2.49. The molecule has 1 aromatic carbocycles. The summed E-state index contributed by atoms with van der Waals surface area (Å²) < 4.78 is 5.30. The number of Topliss-reactive ketones (excluding diaryl/α,β-unsaturated/α-hetero) is 1. The van der Waals surface area contributed by atoms with Crippen molar-refractivity contribution in [1.29, 1.82) is 0 Å². The van der Waals surface area contributed by atoms with Crippen LogP contribution in [0.1, 0.15) is 17.3 Å². The first kappa shape index (κ1) is 11.3. The zero-order chi connectivity index (χ0) is 11.4. The van der Waals surface area contributed by atoms with Crippen molar-refractivity contribution in [3.8, 4) is 0 Å². The Labute approximate surface area is 96.0 Å². The van der Waals surface area contributed by atoms with Gasteiger partial charge in [-0.25, -0.2) is 0 Å². The molecule has 3 nitrogen and oxygen atoms in total. The molecular formula is C13H18NO2+. The van der Waals surface area contributed by atoms with Crippen molar-refractivity contribution in [3.05, 3.63) is 35.9 Å². The SMILES string of the molecule is C[C@@H](C(=O)c1ccccc1)[NH+]1CCOCC1. The van der Waals surface area contributed by atoms with Gasteiger partial charge in [0.15, 0.2) is 0 Å². The quantitative estimate of drug-likeness (QED) is 0.736. The van der Waals surface area contributed by atoms with Crippen molar-refractivity contribution in [2.45, 2.75) is 13.0 Å². The van der Waals surface area contributed by atoms with E-state index in [9.17, 15) is 4.79 Å². The first-order valence-electron chi connectivity index (χ1n) is 5.80. The minimum atomic E-state index is 0.0336. The van der Waals surface area contributed by atoms with Gasteiger partial charge in [-0.05, 0) is 6.92 Å². The molecule has 1 aliphatic rings. The van der Waals surface area contributed by atoms with E-state index in [0.717, 1.165) is 31.9 Å². The lowest BCUT2D eigenvalue weighted by molar-refractivity contribution is -0.921. The van der Waals surface area contributed by atoms with Gasteiger partial charge in [0.1, 0.15) is 19.1 Å². The lowest BCUT2D eigenvalue weighted by Crippen LogP contribution is -3.18. The molecule has 0 saturated carbocycles. The topological polar surface area (TPSA) is 30.7 Å². The van der Waals surface area contributed by atoms with Gasteiger partial charge in [0.25, 0.3) is 0 Å². The highest BCUT2D eigenvalue weighted by molar-refractivity contribution is 5.98. The Morgan fingerprint density at radius 1 is 1.25 bits per heavy atom. The number of rotatable bonds is 3. The fourth-order valence-electron chi connectivity index (χ4n) is 2.10. The van der Waals surface area contributed by atoms with Gasteiger partial charge in [0, 0.05) is 5.56 Å². The molecule has 0 aromatic heterocycles. The van der Waals surface area contributed by atoms with Crippen LogP contribution < -0.4 is 4.90 Å². The highest BCUT2D eigenvalue weighted by Crippen LogP contribution is 2.01. The summed E-state index contributed by atoms with van der Waals surface area (Å²) in [5, 5.41) is 0. The van der Waals surface area contributed by atoms with Gasteiger partial charge in [0.05, 0.1) is 13.2 Å². The van der Waals surface area contributed by atoms with Crippen molar-refractivity contribution in [1.82, 2.24) is 0 Å². The normalized spacial score (nSPS) is 19.3. The molecule has 1 fully saturated rings. The number of hydrogen-bond acceptors (Lipinski definition) is 2. The van der Waals surface area contributed by atoms with Gasteiger partial charge in [-0.2, -0.15) is 0 Å². The summed E-state index contributed by atoms with van der Waals surface area (Å²) in [6.45, 7) is 5.40. The molecule has 0 unspecified atom stereocenters. The average Bonchev–Trinajstić information content (AvgIpc) is 2.39. The maximum absolute atomic E-state index is 12.2. The summed E-state index contributed by atoms with van der Waals surface area (Å²) in [5.74, 6) is 0.234. The number of ketones is 1. The number of morpholine rings is 1. The molecule has 1 aliphatic heterocycles. The van der Waals surface area contributed by atoms with Crippen LogP contribution >= 0.6 is 0 Å². The van der Waals surface area contributed by atoms with E-state index in [-0.39, 0.29) is 11.8 Å². The monoisotopic (exact) mass is 220 g/mol. The van der Waals surface area contributed by atoms with E-state index in [1.807, 2.05) is 37.3 Å². The fourth-order valence-corrected chi connectivity index (χ4v) is 2.10. The molecule has 1 N–H and O–H groups in total. The zero-order valence-corrected chi connectivity index (χ0v) is 9.61. The second kappa shape index (κ2) is 5.23. The molecule has 2 rings (SSSR count). The molecule has 3 heteroatoms. The second-order valence-electron chi connectivity index (χ2n) is 4.22. The lowest BCUT2D eigenvalue weighted by Gasteiger charge is -2.28. The first-order chi connectivity index (χ1) is 7.79. The van der Waals surface area contributed by atoms with Gasteiger partial charge >= 0.3 is 0 Å². The molecule has 86 valence electrons. The van der Waals surface area contributed by atoms with Gasteiger partial charge < -0.3 is 9.64 Å². The Kier molecular flexibility index (Phi) is 3.70. The first-order valence-corrected chi connectivity index (χ1v) is 5.80. The Bertz CT molecular complexity index is 344. The van der Waals surface area contributed by atoms with E-state index >= 15 is 0 Å². The third-order valence-electron chi connectivity index (χ3n) is 3.20. The van der Waals surface area contributed by atoms with E-state index in [0.29, 0.717) is 0 Å². The summed E-state index contributed by atoms with van der Waals surface area (Å²) in [4.78, 5) is 13.5. The van der Waals surface area contributed by atoms with Crippen LogP contribution in [0.5, 0.6) is 0 Å². The van der Waals surface area contributed by atoms with Crippen molar-refractivity contribution < 1.29 is 14.4 Å². The molecule has 1 heterocycles. The molecule has 16 heavy (non-hydrogen) atoms. The number of benzene rings is 1. The number of quaternary nitrogens is 1. The van der Waals surface area contributed by atoms with Crippen LogP contribution in [-0.4, -0.2) is 38.1 Å². The molecule has 1 saturated heterocycles. The zero-order valence-electron chi connectivity index (χ0n) is 9.61. The number of carbonyl (C=O) groups is 1. The average molecular weight is 220 g/mol. The number of ether oxygens (including phenoxy) is 1. The predicted octanol–water partition coefficient (Wildman–Crippen LogP) is 0.173. The molecule has 0 bridgehead atoms. The van der Waals surface area contributed by atoms with E-state index in [2.05, 4.69) is 0 Å².